The van der Waals surface area contributed by atoms with E-state index in [0.717, 1.165) is 19.3 Å². The van der Waals surface area contributed by atoms with Crippen molar-refractivity contribution in [3.05, 3.63) is 12.2 Å². The fraction of sp³-hybridized carbons (Fsp3) is 0.800. The minimum Gasteiger partial charge on any atom is -0.480 e. The van der Waals surface area contributed by atoms with Crippen molar-refractivity contribution >= 4 is 17.7 Å². The molecule has 2 unspecified atom stereocenters. The summed E-state index contributed by atoms with van der Waals surface area (Å²) in [4.78, 5) is 25.3. The molecule has 0 fully saturated rings. The number of carboxylic acids is 1. The lowest BCUT2D eigenvalue weighted by Crippen LogP contribution is -2.35. The van der Waals surface area contributed by atoms with Crippen LogP contribution in [-0.4, -0.2) is 69.5 Å². The Morgan fingerprint density at radius 2 is 1.40 bits per heavy atom. The molecule has 35 heavy (non-hydrogen) atoms. The molecular weight excluding hydrogens is 452 g/mol. The van der Waals surface area contributed by atoms with Gasteiger partial charge in [0.2, 0.25) is 0 Å². The first kappa shape index (κ1) is 35.2. The van der Waals surface area contributed by atoms with Crippen molar-refractivity contribution in [2.45, 2.75) is 115 Å². The summed E-state index contributed by atoms with van der Waals surface area (Å²) < 4.78 is 0. The van der Waals surface area contributed by atoms with Crippen LogP contribution in [0.2, 0.25) is 0 Å². The molecule has 10 nitrogen and oxygen atoms in total. The summed E-state index contributed by atoms with van der Waals surface area (Å²) in [7, 11) is 0. The van der Waals surface area contributed by atoms with Gasteiger partial charge in [-0.3, -0.25) is 14.6 Å². The Kier molecular flexibility index (Phi) is 25.2. The van der Waals surface area contributed by atoms with E-state index in [1.54, 1.807) is 6.08 Å². The van der Waals surface area contributed by atoms with Crippen LogP contribution in [0.4, 0.5) is 0 Å². The number of hydrogen-bond acceptors (Lipinski definition) is 7. The van der Waals surface area contributed by atoms with Crippen LogP contribution >= 0.6 is 0 Å². The number of nitrogens with two attached hydrogens (primary N) is 3. The SMILES string of the molecule is CCCCCCCCCCCCCC=CC(=O)C(O)C(O)CO.NC(N)=NCCC[C@H](N)C(=O)O. The summed E-state index contributed by atoms with van der Waals surface area (Å²) >= 11 is 0. The highest BCUT2D eigenvalue weighted by molar-refractivity contribution is 5.93. The second-order valence-corrected chi connectivity index (χ2v) is 8.72. The smallest absolute Gasteiger partial charge is 0.320 e. The number of aliphatic hydroxyl groups excluding tert-OH is 3. The molecule has 10 heteroatoms. The van der Waals surface area contributed by atoms with Gasteiger partial charge < -0.3 is 37.6 Å². The van der Waals surface area contributed by atoms with Crippen molar-refractivity contribution in [1.29, 1.82) is 0 Å². The third kappa shape index (κ3) is 24.9. The van der Waals surface area contributed by atoms with Crippen LogP contribution in [0.25, 0.3) is 0 Å². The molecule has 0 heterocycles. The van der Waals surface area contributed by atoms with Crippen molar-refractivity contribution in [2.75, 3.05) is 13.2 Å². The van der Waals surface area contributed by atoms with Gasteiger partial charge in [0, 0.05) is 6.54 Å². The molecule has 0 aromatic carbocycles. The molecule has 10 N–H and O–H groups in total. The summed E-state index contributed by atoms with van der Waals surface area (Å²) in [5, 5.41) is 35.5. The Morgan fingerprint density at radius 3 is 1.86 bits per heavy atom. The Morgan fingerprint density at radius 1 is 0.886 bits per heavy atom. The third-order valence-electron chi connectivity index (χ3n) is 5.38. The molecule has 0 aromatic rings. The Balaban J connectivity index is 0. The zero-order chi connectivity index (χ0) is 26.9. The largest absolute Gasteiger partial charge is 0.480 e. The molecular formula is C25H50N4O6. The molecule has 0 aromatic heterocycles. The van der Waals surface area contributed by atoms with Gasteiger partial charge in [-0.25, -0.2) is 0 Å². The predicted molar refractivity (Wildman–Crippen MR) is 140 cm³/mol. The standard InChI is InChI=1S/C19H36O4.C6H14N4O2/c1-2-3-4-5-6-7-8-9-10-11-12-13-14-15-17(21)19(23)18(22)16-20;7-4(5(11)12)2-1-3-10-6(8)9/h14-15,18-20,22-23H,2-13,16H2,1H3;4H,1-3,7H2,(H,11,12)(H4,8,9,10)/t;4-/m.0/s1. The molecule has 3 atom stereocenters. The minimum atomic E-state index is -1.52. The number of allylic oxidation sites excluding steroid dienone is 1. The molecule has 206 valence electrons. The maximum atomic E-state index is 11.4. The Labute approximate surface area is 210 Å². The lowest BCUT2D eigenvalue weighted by molar-refractivity contribution is -0.138. The average molecular weight is 503 g/mol. The third-order valence-corrected chi connectivity index (χ3v) is 5.38. The molecule has 0 saturated heterocycles. The van der Waals surface area contributed by atoms with Crippen LogP contribution in [0.3, 0.4) is 0 Å². The highest BCUT2D eigenvalue weighted by Gasteiger charge is 2.20. The minimum absolute atomic E-state index is 0.0129. The number of unbranched alkanes of at least 4 members (excludes halogenated alkanes) is 11. The van der Waals surface area contributed by atoms with E-state index in [1.807, 2.05) is 0 Å². The van der Waals surface area contributed by atoms with Gasteiger partial charge in [0.15, 0.2) is 11.7 Å². The fourth-order valence-corrected chi connectivity index (χ4v) is 3.16. The molecule has 0 bridgehead atoms. The first-order chi connectivity index (χ1) is 16.7. The number of hydrogen-bond donors (Lipinski definition) is 7. The first-order valence-corrected chi connectivity index (χ1v) is 12.9. The molecule has 0 aliphatic heterocycles. The second kappa shape index (κ2) is 25.1. The highest BCUT2D eigenvalue weighted by atomic mass is 16.4. The fourth-order valence-electron chi connectivity index (χ4n) is 3.16. The number of nitrogens with zero attached hydrogens (tertiary/aromatic N) is 1. The molecule has 0 aliphatic carbocycles. The van der Waals surface area contributed by atoms with Crippen LogP contribution in [0.1, 0.15) is 96.8 Å². The monoisotopic (exact) mass is 502 g/mol. The van der Waals surface area contributed by atoms with E-state index in [-0.39, 0.29) is 5.96 Å². The zero-order valence-electron chi connectivity index (χ0n) is 21.5. The van der Waals surface area contributed by atoms with Crippen LogP contribution in [0.5, 0.6) is 0 Å². The number of aliphatic imine (C=N–C) groups is 1. The number of carboxylic acid groups (broad SMARTS) is 1. The molecule has 0 rings (SSSR count). The van der Waals surface area contributed by atoms with Crippen LogP contribution in [0.15, 0.2) is 17.1 Å². The Hall–Kier alpha value is -2.01. The topological polar surface area (TPSA) is 205 Å². The van der Waals surface area contributed by atoms with Crippen molar-refractivity contribution in [1.82, 2.24) is 0 Å². The van der Waals surface area contributed by atoms with Gasteiger partial charge >= 0.3 is 5.97 Å². The van der Waals surface area contributed by atoms with E-state index in [1.165, 1.54) is 63.9 Å². The van der Waals surface area contributed by atoms with Crippen molar-refractivity contribution < 1.29 is 30.0 Å². The molecule has 0 aliphatic rings. The summed E-state index contributed by atoms with van der Waals surface area (Å²) in [6, 6.07) is -0.820. The second-order valence-electron chi connectivity index (χ2n) is 8.72. The summed E-state index contributed by atoms with van der Waals surface area (Å²) in [6.45, 7) is 2.05. The molecule has 0 radical (unpaired) electrons. The van der Waals surface area contributed by atoms with Gasteiger partial charge in [-0.05, 0) is 31.8 Å². The van der Waals surface area contributed by atoms with Gasteiger partial charge in [0.25, 0.3) is 0 Å². The number of guanidine groups is 1. The van der Waals surface area contributed by atoms with Gasteiger partial charge in [-0.15, -0.1) is 0 Å². The highest BCUT2D eigenvalue weighted by Crippen LogP contribution is 2.12. The van der Waals surface area contributed by atoms with E-state index < -0.39 is 36.6 Å². The number of aliphatic hydroxyl groups is 3. The summed E-state index contributed by atoms with van der Waals surface area (Å²) in [5.74, 6) is -1.53. The van der Waals surface area contributed by atoms with E-state index >= 15 is 0 Å². The number of rotatable bonds is 21. The van der Waals surface area contributed by atoms with E-state index in [0.29, 0.717) is 19.4 Å². The zero-order valence-corrected chi connectivity index (χ0v) is 21.5. The number of ketones is 1. The lowest BCUT2D eigenvalue weighted by Gasteiger charge is -2.11. The van der Waals surface area contributed by atoms with Crippen LogP contribution in [-0.2, 0) is 9.59 Å². The number of aliphatic carboxylic acids is 1. The molecule has 0 spiro atoms. The maximum Gasteiger partial charge on any atom is 0.320 e. The molecule has 0 amide bonds. The normalized spacial score (nSPS) is 13.5. The van der Waals surface area contributed by atoms with E-state index in [4.69, 9.17) is 32.5 Å². The van der Waals surface area contributed by atoms with Gasteiger partial charge in [0.05, 0.1) is 6.61 Å². The van der Waals surface area contributed by atoms with Crippen LogP contribution < -0.4 is 17.2 Å². The van der Waals surface area contributed by atoms with Gasteiger partial charge in [-0.1, -0.05) is 77.2 Å². The predicted octanol–water partition coefficient (Wildman–Crippen LogP) is 1.98. The Bertz CT molecular complexity index is 582. The van der Waals surface area contributed by atoms with E-state index in [2.05, 4.69) is 11.9 Å². The van der Waals surface area contributed by atoms with Crippen molar-refractivity contribution in [3.63, 3.8) is 0 Å². The van der Waals surface area contributed by atoms with Gasteiger partial charge in [0.1, 0.15) is 18.2 Å². The molecule has 0 saturated carbocycles. The average Bonchev–Trinajstić information content (AvgIpc) is 2.83. The summed E-state index contributed by atoms with van der Waals surface area (Å²) in [6.07, 6.45) is 16.1. The number of carbonyl (C=O) groups is 2. The van der Waals surface area contributed by atoms with Crippen molar-refractivity contribution in [2.24, 2.45) is 22.2 Å². The van der Waals surface area contributed by atoms with Crippen molar-refractivity contribution in [3.8, 4) is 0 Å². The summed E-state index contributed by atoms with van der Waals surface area (Å²) in [5.41, 5.74) is 15.3. The number of carbonyl (C=O) groups excluding carboxylic acids is 1. The first-order valence-electron chi connectivity index (χ1n) is 12.9. The van der Waals surface area contributed by atoms with E-state index in [9.17, 15) is 14.7 Å². The van der Waals surface area contributed by atoms with Crippen LogP contribution in [0, 0.1) is 0 Å². The lowest BCUT2D eigenvalue weighted by atomic mass is 10.0. The van der Waals surface area contributed by atoms with Gasteiger partial charge in [-0.2, -0.15) is 0 Å². The quantitative estimate of drug-likeness (QED) is 0.0529. The maximum absolute atomic E-state index is 11.4.